The van der Waals surface area contributed by atoms with E-state index in [1.54, 1.807) is 18.2 Å². The molecule has 0 fully saturated rings. The summed E-state index contributed by atoms with van der Waals surface area (Å²) >= 11 is 6.84. The molecule has 2 rings (SSSR count). The van der Waals surface area contributed by atoms with Crippen molar-refractivity contribution < 1.29 is 14.7 Å². The summed E-state index contributed by atoms with van der Waals surface area (Å²) < 4.78 is 0.491. The van der Waals surface area contributed by atoms with Crippen LogP contribution < -0.4 is 5.32 Å². The maximum atomic E-state index is 11.8. The van der Waals surface area contributed by atoms with Crippen LogP contribution in [0, 0.1) is 0 Å². The van der Waals surface area contributed by atoms with E-state index in [4.69, 9.17) is 16.7 Å². The van der Waals surface area contributed by atoms with Gasteiger partial charge < -0.3 is 10.4 Å². The highest BCUT2D eigenvalue weighted by Crippen LogP contribution is 2.23. The first kappa shape index (κ1) is 12.5. The zero-order valence-electron chi connectivity index (χ0n) is 8.88. The lowest BCUT2D eigenvalue weighted by molar-refractivity contribution is 0.0692. The smallest absolute Gasteiger partial charge is 0.356 e. The van der Waals surface area contributed by atoms with Gasteiger partial charge in [-0.05, 0) is 24.3 Å². The van der Waals surface area contributed by atoms with E-state index in [1.807, 2.05) is 0 Å². The van der Waals surface area contributed by atoms with Crippen molar-refractivity contribution in [2.75, 3.05) is 5.32 Å². The molecule has 0 atom stereocenters. The van der Waals surface area contributed by atoms with Crippen molar-refractivity contribution in [3.63, 3.8) is 0 Å². The Hall–Kier alpha value is -1.92. The number of thiophene rings is 1. The van der Waals surface area contributed by atoms with Crippen LogP contribution >= 0.6 is 22.9 Å². The summed E-state index contributed by atoms with van der Waals surface area (Å²) in [5, 5.41) is 11.4. The van der Waals surface area contributed by atoms with Crippen molar-refractivity contribution in [1.29, 1.82) is 0 Å². The van der Waals surface area contributed by atoms with E-state index in [0.717, 1.165) is 11.3 Å². The molecule has 0 aliphatic rings. The van der Waals surface area contributed by atoms with Crippen molar-refractivity contribution >= 4 is 40.5 Å². The van der Waals surface area contributed by atoms with Crippen LogP contribution in [-0.2, 0) is 0 Å². The third-order valence-electron chi connectivity index (χ3n) is 2.06. The predicted molar refractivity (Wildman–Crippen MR) is 68.5 cm³/mol. The maximum Gasteiger partial charge on any atom is 0.356 e. The van der Waals surface area contributed by atoms with E-state index < -0.39 is 11.9 Å². The molecule has 0 spiro atoms. The van der Waals surface area contributed by atoms with Crippen molar-refractivity contribution in [3.05, 3.63) is 45.4 Å². The van der Waals surface area contributed by atoms with E-state index in [2.05, 4.69) is 10.3 Å². The number of aromatic nitrogens is 1. The molecule has 2 aromatic heterocycles. The molecule has 2 heterocycles. The molecule has 0 unspecified atom stereocenters. The number of hydrogen-bond donors (Lipinski definition) is 2. The normalized spacial score (nSPS) is 10.1. The third kappa shape index (κ3) is 2.66. The molecule has 0 aliphatic carbocycles. The second-order valence-electron chi connectivity index (χ2n) is 3.26. The lowest BCUT2D eigenvalue weighted by Gasteiger charge is -2.05. The summed E-state index contributed by atoms with van der Waals surface area (Å²) in [5.74, 6) is -1.61. The average molecular weight is 283 g/mol. The zero-order chi connectivity index (χ0) is 13.1. The summed E-state index contributed by atoms with van der Waals surface area (Å²) in [5.41, 5.74) is -0.0481. The number of rotatable bonds is 3. The Morgan fingerprint density at radius 3 is 2.72 bits per heavy atom. The summed E-state index contributed by atoms with van der Waals surface area (Å²) in [7, 11) is 0. The molecule has 0 saturated carbocycles. The van der Waals surface area contributed by atoms with Gasteiger partial charge in [-0.25, -0.2) is 9.78 Å². The number of carboxylic acid groups (broad SMARTS) is 1. The molecular weight excluding hydrogens is 276 g/mol. The number of anilines is 1. The van der Waals surface area contributed by atoms with E-state index in [1.165, 1.54) is 12.3 Å². The first-order valence-electron chi connectivity index (χ1n) is 4.83. The minimum Gasteiger partial charge on any atom is -0.476 e. The third-order valence-corrected chi connectivity index (χ3v) is 3.29. The lowest BCUT2D eigenvalue weighted by Crippen LogP contribution is -2.14. The molecule has 0 radical (unpaired) electrons. The van der Waals surface area contributed by atoms with Crippen molar-refractivity contribution in [3.8, 4) is 0 Å². The molecule has 92 valence electrons. The van der Waals surface area contributed by atoms with Gasteiger partial charge in [-0.1, -0.05) is 11.6 Å². The fourth-order valence-corrected chi connectivity index (χ4v) is 2.24. The van der Waals surface area contributed by atoms with Gasteiger partial charge in [-0.2, -0.15) is 0 Å². The van der Waals surface area contributed by atoms with Crippen LogP contribution in [0.3, 0.4) is 0 Å². The number of halogens is 1. The molecule has 0 aromatic carbocycles. The summed E-state index contributed by atoms with van der Waals surface area (Å²) in [6.45, 7) is 0. The molecule has 1 amide bonds. The van der Waals surface area contributed by atoms with Gasteiger partial charge in [0.1, 0.15) is 0 Å². The fourth-order valence-electron chi connectivity index (χ4n) is 1.30. The van der Waals surface area contributed by atoms with Gasteiger partial charge in [0.2, 0.25) is 0 Å². The molecule has 5 nitrogen and oxygen atoms in total. The Kier molecular flexibility index (Phi) is 3.59. The number of nitrogens with one attached hydrogen (secondary N) is 1. The van der Waals surface area contributed by atoms with Gasteiger partial charge in [-0.15, -0.1) is 11.3 Å². The van der Waals surface area contributed by atoms with Gasteiger partial charge >= 0.3 is 5.97 Å². The van der Waals surface area contributed by atoms with E-state index in [0.29, 0.717) is 9.21 Å². The second-order valence-corrected chi connectivity index (χ2v) is 4.98. The van der Waals surface area contributed by atoms with Crippen molar-refractivity contribution in [2.24, 2.45) is 0 Å². The Bertz CT molecular complexity index is 612. The van der Waals surface area contributed by atoms with Crippen LogP contribution in [0.1, 0.15) is 20.2 Å². The van der Waals surface area contributed by atoms with Gasteiger partial charge in [0.15, 0.2) is 5.69 Å². The number of aromatic carboxylic acids is 1. The first-order valence-corrected chi connectivity index (χ1v) is 6.02. The molecule has 0 saturated heterocycles. The van der Waals surface area contributed by atoms with Gasteiger partial charge in [0.05, 0.1) is 14.9 Å². The Labute approximate surface area is 111 Å². The van der Waals surface area contributed by atoms with Gasteiger partial charge in [0, 0.05) is 6.20 Å². The first-order chi connectivity index (χ1) is 8.58. The topological polar surface area (TPSA) is 79.3 Å². The van der Waals surface area contributed by atoms with Crippen LogP contribution in [0.2, 0.25) is 4.34 Å². The standard InChI is InChI=1S/C11H7ClN2O3S/c12-8-4-3-7(18-8)10(15)14-6-2-1-5-13-9(6)11(16)17/h1-5H,(H,14,15)(H,16,17). The highest BCUT2D eigenvalue weighted by molar-refractivity contribution is 7.18. The minimum atomic E-state index is -1.20. The highest BCUT2D eigenvalue weighted by Gasteiger charge is 2.15. The number of nitrogens with zero attached hydrogens (tertiary/aromatic N) is 1. The summed E-state index contributed by atoms with van der Waals surface area (Å²) in [6.07, 6.45) is 1.35. The lowest BCUT2D eigenvalue weighted by atomic mass is 10.3. The maximum absolute atomic E-state index is 11.8. The number of carbonyl (C=O) groups excluding carboxylic acids is 1. The molecule has 0 aliphatic heterocycles. The van der Waals surface area contributed by atoms with E-state index in [-0.39, 0.29) is 11.4 Å². The fraction of sp³-hybridized carbons (Fsp3) is 0. The van der Waals surface area contributed by atoms with Gasteiger partial charge in [0.25, 0.3) is 5.91 Å². The predicted octanol–water partition coefficient (Wildman–Crippen LogP) is 2.75. The molecule has 7 heteroatoms. The van der Waals surface area contributed by atoms with Crippen LogP contribution in [0.25, 0.3) is 0 Å². The molecule has 2 N–H and O–H groups in total. The van der Waals surface area contributed by atoms with Gasteiger partial charge in [-0.3, -0.25) is 4.79 Å². The molecule has 18 heavy (non-hydrogen) atoms. The zero-order valence-corrected chi connectivity index (χ0v) is 10.5. The Morgan fingerprint density at radius 2 is 2.11 bits per heavy atom. The molecule has 2 aromatic rings. The second kappa shape index (κ2) is 5.16. The van der Waals surface area contributed by atoms with Crippen LogP contribution in [0.5, 0.6) is 0 Å². The Balaban J connectivity index is 2.24. The van der Waals surface area contributed by atoms with Crippen molar-refractivity contribution in [1.82, 2.24) is 4.98 Å². The summed E-state index contributed by atoms with van der Waals surface area (Å²) in [4.78, 5) is 26.8. The summed E-state index contributed by atoms with van der Waals surface area (Å²) in [6, 6.07) is 6.19. The number of carbonyl (C=O) groups is 2. The number of amides is 1. The Morgan fingerprint density at radius 1 is 1.33 bits per heavy atom. The quantitative estimate of drug-likeness (QED) is 0.907. The number of carboxylic acids is 1. The number of pyridine rings is 1. The number of hydrogen-bond acceptors (Lipinski definition) is 4. The van der Waals surface area contributed by atoms with E-state index >= 15 is 0 Å². The highest BCUT2D eigenvalue weighted by atomic mass is 35.5. The average Bonchev–Trinajstić information content (AvgIpc) is 2.76. The molecule has 0 bridgehead atoms. The monoisotopic (exact) mass is 282 g/mol. The largest absolute Gasteiger partial charge is 0.476 e. The van der Waals surface area contributed by atoms with Crippen LogP contribution in [-0.4, -0.2) is 22.0 Å². The molecular formula is C11H7ClN2O3S. The van der Waals surface area contributed by atoms with Crippen LogP contribution in [0.15, 0.2) is 30.5 Å². The van der Waals surface area contributed by atoms with Crippen LogP contribution in [0.4, 0.5) is 5.69 Å². The SMILES string of the molecule is O=C(Nc1cccnc1C(=O)O)c1ccc(Cl)s1. The van der Waals surface area contributed by atoms with E-state index in [9.17, 15) is 9.59 Å². The minimum absolute atomic E-state index is 0.152. The van der Waals surface area contributed by atoms with Crippen molar-refractivity contribution in [2.45, 2.75) is 0 Å².